The lowest BCUT2D eigenvalue weighted by Crippen LogP contribution is -2.14. The van der Waals surface area contributed by atoms with Crippen LogP contribution in [-0.2, 0) is 21.7 Å². The van der Waals surface area contributed by atoms with Crippen molar-refractivity contribution < 1.29 is 8.83 Å². The Hall–Kier alpha value is -7.30. The average Bonchev–Trinajstić information content (AvgIpc) is 3.90. The van der Waals surface area contributed by atoms with Crippen LogP contribution in [0.5, 0.6) is 0 Å². The summed E-state index contributed by atoms with van der Waals surface area (Å²) >= 11 is 0. The van der Waals surface area contributed by atoms with Crippen molar-refractivity contribution in [1.29, 1.82) is 0 Å². The maximum Gasteiger partial charge on any atom is 0.138 e. The van der Waals surface area contributed by atoms with E-state index in [4.69, 9.17) is 8.83 Å². The van der Waals surface area contributed by atoms with Crippen LogP contribution in [0.4, 0.5) is 34.1 Å². The molecule has 0 radical (unpaired) electrons. The molecule has 0 saturated heterocycles. The van der Waals surface area contributed by atoms with Crippen LogP contribution in [0.15, 0.2) is 179 Å². The number of nitrogens with zero attached hydrogens (tertiary/aromatic N) is 2. The fraction of sp³-hybridized carbons (Fsp3) is 0.242. The summed E-state index contributed by atoms with van der Waals surface area (Å²) < 4.78 is 14.1. The van der Waals surface area contributed by atoms with E-state index in [1.807, 2.05) is 0 Å². The molecule has 0 bridgehead atoms. The predicted octanol–water partition coefficient (Wildman–Crippen LogP) is 19.9. The van der Waals surface area contributed by atoms with Crippen LogP contribution in [0.2, 0.25) is 0 Å². The highest BCUT2D eigenvalue weighted by Gasteiger charge is 2.27. The van der Waals surface area contributed by atoms with Crippen LogP contribution in [0, 0.1) is 0 Å². The van der Waals surface area contributed by atoms with Gasteiger partial charge >= 0.3 is 0 Å². The van der Waals surface area contributed by atoms with Crippen molar-refractivity contribution >= 4 is 99.5 Å². The van der Waals surface area contributed by atoms with Crippen molar-refractivity contribution in [3.63, 3.8) is 0 Å². The van der Waals surface area contributed by atoms with Gasteiger partial charge in [-0.3, -0.25) is 0 Å². The van der Waals surface area contributed by atoms with E-state index in [9.17, 15) is 0 Å². The normalized spacial score (nSPS) is 12.9. The molecule has 350 valence electrons. The topological polar surface area (TPSA) is 32.8 Å². The highest BCUT2D eigenvalue weighted by molar-refractivity contribution is 6.35. The second kappa shape index (κ2) is 16.1. The second-order valence-electron chi connectivity index (χ2n) is 23.5. The molecule has 11 rings (SSSR count). The van der Waals surface area contributed by atoms with Gasteiger partial charge in [-0.15, -0.1) is 0 Å². The SMILES string of the molecule is CC(C)(C)c1ccc(N(c2ccc(C(C)(C)C)cc2)c2cc3oc4ccc5oc6cc(N(c7ccc(C(C)(C)C)cc7)c7ccc(C(C)(C)C)cc7)c7ccccc7c6c5c4c3c3ccccc23)cc1. The van der Waals surface area contributed by atoms with Crippen molar-refractivity contribution in [3.8, 4) is 0 Å². The van der Waals surface area contributed by atoms with Crippen LogP contribution in [-0.4, -0.2) is 0 Å². The van der Waals surface area contributed by atoms with E-state index in [2.05, 4.69) is 263 Å². The van der Waals surface area contributed by atoms with Crippen LogP contribution in [0.3, 0.4) is 0 Å². The zero-order chi connectivity index (χ0) is 49.1. The second-order valence-corrected chi connectivity index (χ2v) is 23.5. The van der Waals surface area contributed by atoms with Gasteiger partial charge in [0.15, 0.2) is 0 Å². The Bertz CT molecular complexity index is 3400. The molecule has 4 nitrogen and oxygen atoms in total. The Labute approximate surface area is 413 Å². The molecule has 0 N–H and O–H groups in total. The quantitative estimate of drug-likeness (QED) is 0.166. The summed E-state index contributed by atoms with van der Waals surface area (Å²) in [4.78, 5) is 4.79. The molecule has 0 aliphatic heterocycles. The third kappa shape index (κ3) is 7.69. The third-order valence-electron chi connectivity index (χ3n) is 14.5. The fourth-order valence-electron chi connectivity index (χ4n) is 10.5. The van der Waals surface area contributed by atoms with Gasteiger partial charge in [-0.25, -0.2) is 0 Å². The molecule has 0 saturated carbocycles. The number of rotatable bonds is 6. The van der Waals surface area contributed by atoms with Crippen molar-refractivity contribution in [2.45, 2.75) is 105 Å². The molecule has 0 amide bonds. The molecule has 0 atom stereocenters. The molecule has 2 heterocycles. The van der Waals surface area contributed by atoms with E-state index >= 15 is 0 Å². The summed E-state index contributed by atoms with van der Waals surface area (Å²) in [5, 5.41) is 8.83. The van der Waals surface area contributed by atoms with E-state index in [0.29, 0.717) is 0 Å². The highest BCUT2D eigenvalue weighted by Crippen LogP contribution is 2.51. The molecule has 0 spiro atoms. The maximum absolute atomic E-state index is 7.06. The lowest BCUT2D eigenvalue weighted by atomic mass is 9.86. The molecule has 70 heavy (non-hydrogen) atoms. The molecular formula is C66H64N2O2. The number of anilines is 6. The van der Waals surface area contributed by atoms with Gasteiger partial charge in [-0.1, -0.05) is 180 Å². The van der Waals surface area contributed by atoms with Crippen molar-refractivity contribution in [3.05, 3.63) is 192 Å². The number of hydrogen-bond donors (Lipinski definition) is 0. The number of hydrogen-bond acceptors (Lipinski definition) is 4. The first kappa shape index (κ1) is 45.2. The van der Waals surface area contributed by atoms with Crippen LogP contribution < -0.4 is 9.80 Å². The van der Waals surface area contributed by atoms with Crippen LogP contribution >= 0.6 is 0 Å². The summed E-state index contributed by atoms with van der Waals surface area (Å²) in [5.74, 6) is 0. The predicted molar refractivity (Wildman–Crippen MR) is 300 cm³/mol. The molecule has 2 aromatic heterocycles. The maximum atomic E-state index is 7.06. The van der Waals surface area contributed by atoms with Gasteiger partial charge in [0.1, 0.15) is 22.3 Å². The number of benzene rings is 9. The van der Waals surface area contributed by atoms with Crippen molar-refractivity contribution in [1.82, 2.24) is 0 Å². The van der Waals surface area contributed by atoms with Crippen molar-refractivity contribution in [2.75, 3.05) is 9.80 Å². The van der Waals surface area contributed by atoms with Gasteiger partial charge in [0, 0.05) is 67.2 Å². The number of furan rings is 2. The molecule has 0 fully saturated rings. The Morgan fingerprint density at radius 1 is 0.271 bits per heavy atom. The first-order valence-corrected chi connectivity index (χ1v) is 24.9. The standard InChI is InChI=1S/C66H64N2O2/c1-63(2,3)41-21-29-45(30-22-41)67(46-31-23-42(24-32-46)64(4,5)6)53-39-57-59(51-19-15-13-17-49(51)53)61-55(69-57)37-38-56-62(61)60-52-20-16-14-18-50(52)54(40-58(60)70-56)68(47-33-25-43(26-34-47)65(7,8)9)48-35-27-44(28-36-48)66(10,11)12/h13-40H,1-12H3. The minimum Gasteiger partial charge on any atom is -0.456 e. The zero-order valence-corrected chi connectivity index (χ0v) is 42.9. The summed E-state index contributed by atoms with van der Waals surface area (Å²) in [6.45, 7) is 27.2. The van der Waals surface area contributed by atoms with Crippen LogP contribution in [0.1, 0.15) is 105 Å². The Morgan fingerprint density at radius 3 is 0.786 bits per heavy atom. The molecular weight excluding hydrogens is 853 g/mol. The van der Waals surface area contributed by atoms with Gasteiger partial charge in [0.05, 0.1) is 11.4 Å². The summed E-state index contributed by atoms with van der Waals surface area (Å²) in [6.07, 6.45) is 0. The smallest absolute Gasteiger partial charge is 0.138 e. The van der Waals surface area contributed by atoms with Crippen molar-refractivity contribution in [2.24, 2.45) is 0 Å². The monoisotopic (exact) mass is 916 g/mol. The van der Waals surface area contributed by atoms with Gasteiger partial charge in [-0.2, -0.15) is 0 Å². The third-order valence-corrected chi connectivity index (χ3v) is 14.5. The van der Waals surface area contributed by atoms with E-state index in [-0.39, 0.29) is 21.7 Å². The van der Waals surface area contributed by atoms with E-state index in [1.54, 1.807) is 0 Å². The Balaban J connectivity index is 1.16. The lowest BCUT2D eigenvalue weighted by Gasteiger charge is -2.29. The summed E-state index contributed by atoms with van der Waals surface area (Å²) in [5.41, 5.74) is 15.1. The first-order valence-electron chi connectivity index (χ1n) is 24.9. The average molecular weight is 917 g/mol. The molecule has 0 unspecified atom stereocenters. The lowest BCUT2D eigenvalue weighted by molar-refractivity contribution is 0.590. The van der Waals surface area contributed by atoms with Gasteiger partial charge in [0.25, 0.3) is 0 Å². The molecule has 11 aromatic rings. The largest absolute Gasteiger partial charge is 0.456 e. The molecule has 9 aromatic carbocycles. The van der Waals surface area contributed by atoms with Gasteiger partial charge in [-0.05, 0) is 115 Å². The highest BCUT2D eigenvalue weighted by atomic mass is 16.3. The zero-order valence-electron chi connectivity index (χ0n) is 42.9. The molecule has 0 aliphatic rings. The molecule has 4 heteroatoms. The first-order chi connectivity index (χ1) is 33.2. The fourth-order valence-corrected chi connectivity index (χ4v) is 10.5. The van der Waals surface area contributed by atoms with Crippen LogP contribution in [0.25, 0.3) is 65.4 Å². The molecule has 0 aliphatic carbocycles. The number of fused-ring (bicyclic) bond motifs is 11. The summed E-state index contributed by atoms with van der Waals surface area (Å²) in [6, 6.07) is 62.6. The summed E-state index contributed by atoms with van der Waals surface area (Å²) in [7, 11) is 0. The van der Waals surface area contributed by atoms with Gasteiger partial charge in [0.2, 0.25) is 0 Å². The van der Waals surface area contributed by atoms with E-state index in [0.717, 1.165) is 99.5 Å². The van der Waals surface area contributed by atoms with E-state index < -0.39 is 0 Å². The van der Waals surface area contributed by atoms with Gasteiger partial charge < -0.3 is 18.6 Å². The minimum atomic E-state index is 0.0310. The Kier molecular flexibility index (Phi) is 10.4. The van der Waals surface area contributed by atoms with E-state index in [1.165, 1.54) is 22.3 Å². The Morgan fingerprint density at radius 2 is 0.529 bits per heavy atom. The minimum absolute atomic E-state index is 0.0310.